The van der Waals surface area contributed by atoms with Gasteiger partial charge in [-0.2, -0.15) is 0 Å². The minimum absolute atomic E-state index is 0.131. The number of sulfonamides is 1. The molecular weight excluding hydrogens is 281 g/mol. The van der Waals surface area contributed by atoms with E-state index in [2.05, 4.69) is 0 Å². The highest BCUT2D eigenvalue weighted by molar-refractivity contribution is 7.89. The Hall–Kier alpha value is -2.05. The Bertz CT molecular complexity index is 742. The third kappa shape index (κ3) is 3.28. The van der Waals surface area contributed by atoms with Gasteiger partial charge in [0, 0.05) is 12.0 Å². The van der Waals surface area contributed by atoms with E-state index < -0.39 is 15.8 Å². The van der Waals surface area contributed by atoms with Crippen molar-refractivity contribution in [1.82, 2.24) is 0 Å². The van der Waals surface area contributed by atoms with Crippen molar-refractivity contribution in [3.8, 4) is 0 Å². The van der Waals surface area contributed by atoms with Crippen molar-refractivity contribution in [2.24, 2.45) is 5.14 Å². The van der Waals surface area contributed by atoms with Crippen LogP contribution in [0.2, 0.25) is 0 Å². The highest BCUT2D eigenvalue weighted by atomic mass is 32.2. The summed E-state index contributed by atoms with van der Waals surface area (Å²) in [6.07, 6.45) is -0.138. The van der Waals surface area contributed by atoms with E-state index in [4.69, 9.17) is 5.14 Å². The molecule has 0 heterocycles. The molecule has 0 spiro atoms. The number of carbonyl (C=O) groups excluding carboxylic acids is 1. The van der Waals surface area contributed by atoms with Gasteiger partial charge in [0.1, 0.15) is 5.82 Å². The maximum Gasteiger partial charge on any atom is 0.238 e. The van der Waals surface area contributed by atoms with Crippen LogP contribution in [0.3, 0.4) is 0 Å². The van der Waals surface area contributed by atoms with Crippen LogP contribution in [0.1, 0.15) is 15.9 Å². The van der Waals surface area contributed by atoms with Crippen LogP contribution in [-0.4, -0.2) is 14.2 Å². The van der Waals surface area contributed by atoms with Crippen molar-refractivity contribution in [1.29, 1.82) is 0 Å². The quantitative estimate of drug-likeness (QED) is 0.875. The molecule has 0 aliphatic rings. The normalized spacial score (nSPS) is 11.3. The molecular formula is C14H12FNO3S. The van der Waals surface area contributed by atoms with Gasteiger partial charge in [0.2, 0.25) is 10.0 Å². The molecule has 0 atom stereocenters. The molecule has 0 saturated heterocycles. The van der Waals surface area contributed by atoms with Crippen LogP contribution in [0, 0.1) is 5.82 Å². The van der Waals surface area contributed by atoms with Crippen LogP contribution < -0.4 is 5.14 Å². The number of hydrogen-bond acceptors (Lipinski definition) is 3. The predicted molar refractivity (Wildman–Crippen MR) is 72.2 cm³/mol. The fourth-order valence-corrected chi connectivity index (χ4v) is 2.27. The number of Topliss-reactive ketones (excluding diaryl/α,β-unsaturated/α-hetero) is 1. The number of nitrogens with two attached hydrogens (primary N) is 1. The van der Waals surface area contributed by atoms with E-state index in [-0.39, 0.29) is 22.7 Å². The maximum absolute atomic E-state index is 13.8. The molecule has 6 heteroatoms. The lowest BCUT2D eigenvalue weighted by molar-refractivity contribution is 0.0992. The first-order chi connectivity index (χ1) is 9.38. The van der Waals surface area contributed by atoms with Crippen LogP contribution in [0.5, 0.6) is 0 Å². The van der Waals surface area contributed by atoms with Gasteiger partial charge >= 0.3 is 0 Å². The van der Waals surface area contributed by atoms with Crippen molar-refractivity contribution in [3.63, 3.8) is 0 Å². The summed E-state index contributed by atoms with van der Waals surface area (Å²) in [5.41, 5.74) is 0.605. The van der Waals surface area contributed by atoms with E-state index in [1.807, 2.05) is 0 Å². The smallest absolute Gasteiger partial charge is 0.238 e. The first-order valence-corrected chi connectivity index (χ1v) is 7.32. The van der Waals surface area contributed by atoms with Crippen LogP contribution >= 0.6 is 0 Å². The van der Waals surface area contributed by atoms with E-state index in [0.717, 1.165) is 6.07 Å². The van der Waals surface area contributed by atoms with Crippen LogP contribution in [0.4, 0.5) is 4.39 Å². The first kappa shape index (κ1) is 14.4. The monoisotopic (exact) mass is 293 g/mol. The summed E-state index contributed by atoms with van der Waals surface area (Å²) in [5.74, 6) is -1.01. The Balaban J connectivity index is 2.25. The van der Waals surface area contributed by atoms with Gasteiger partial charge in [-0.1, -0.05) is 36.4 Å². The summed E-state index contributed by atoms with van der Waals surface area (Å²) in [6, 6.07) is 11.8. The highest BCUT2D eigenvalue weighted by Crippen LogP contribution is 2.16. The zero-order valence-corrected chi connectivity index (χ0v) is 11.2. The summed E-state index contributed by atoms with van der Waals surface area (Å²) in [6.45, 7) is 0. The van der Waals surface area contributed by atoms with Crippen molar-refractivity contribution >= 4 is 15.8 Å². The van der Waals surface area contributed by atoms with Crippen molar-refractivity contribution in [3.05, 3.63) is 65.5 Å². The van der Waals surface area contributed by atoms with E-state index in [0.29, 0.717) is 5.56 Å². The van der Waals surface area contributed by atoms with Gasteiger partial charge in [-0.3, -0.25) is 4.79 Å². The van der Waals surface area contributed by atoms with E-state index >= 15 is 0 Å². The molecule has 2 aromatic carbocycles. The second-order valence-electron chi connectivity index (χ2n) is 4.26. The molecule has 0 aromatic heterocycles. The molecule has 0 fully saturated rings. The Morgan fingerprint density at radius 1 is 1.10 bits per heavy atom. The number of halogens is 1. The minimum atomic E-state index is -3.95. The first-order valence-electron chi connectivity index (χ1n) is 5.77. The third-order valence-corrected chi connectivity index (χ3v) is 3.71. The van der Waals surface area contributed by atoms with Gasteiger partial charge in [0.05, 0.1) is 4.90 Å². The molecule has 0 saturated carbocycles. The minimum Gasteiger partial charge on any atom is -0.294 e. The molecule has 2 rings (SSSR count). The van der Waals surface area contributed by atoms with Crippen molar-refractivity contribution < 1.29 is 17.6 Å². The number of primary sulfonamides is 1. The third-order valence-electron chi connectivity index (χ3n) is 2.80. The van der Waals surface area contributed by atoms with Gasteiger partial charge in [-0.25, -0.2) is 17.9 Å². The topological polar surface area (TPSA) is 77.2 Å². The van der Waals surface area contributed by atoms with Gasteiger partial charge < -0.3 is 0 Å². The summed E-state index contributed by atoms with van der Waals surface area (Å²) in [5, 5.41) is 4.91. The van der Waals surface area contributed by atoms with Gasteiger partial charge in [0.15, 0.2) is 5.78 Å². The number of hydrogen-bond donors (Lipinski definition) is 1. The molecule has 20 heavy (non-hydrogen) atoms. The lowest BCUT2D eigenvalue weighted by Crippen LogP contribution is -2.13. The van der Waals surface area contributed by atoms with Gasteiger partial charge in [0.25, 0.3) is 0 Å². The molecule has 0 aliphatic carbocycles. The second kappa shape index (κ2) is 5.52. The largest absolute Gasteiger partial charge is 0.294 e. The van der Waals surface area contributed by atoms with Crippen LogP contribution in [0.15, 0.2) is 53.4 Å². The maximum atomic E-state index is 13.8. The van der Waals surface area contributed by atoms with Crippen molar-refractivity contribution in [2.45, 2.75) is 11.3 Å². The Morgan fingerprint density at radius 3 is 2.30 bits per heavy atom. The summed E-state index contributed by atoms with van der Waals surface area (Å²) in [4.78, 5) is 11.6. The van der Waals surface area contributed by atoms with Crippen LogP contribution in [-0.2, 0) is 16.4 Å². The van der Waals surface area contributed by atoms with E-state index in [1.54, 1.807) is 30.3 Å². The molecule has 2 aromatic rings. The van der Waals surface area contributed by atoms with Gasteiger partial charge in [-0.15, -0.1) is 0 Å². The molecule has 0 unspecified atom stereocenters. The lowest BCUT2D eigenvalue weighted by atomic mass is 10.0. The Labute approximate surface area is 116 Å². The molecule has 104 valence electrons. The average Bonchev–Trinajstić information content (AvgIpc) is 2.41. The molecule has 0 radical (unpaired) electrons. The molecule has 0 amide bonds. The fourth-order valence-electron chi connectivity index (χ4n) is 1.75. The molecule has 4 nitrogen and oxygen atoms in total. The standard InChI is InChI=1S/C14H12FNO3S/c15-13-9-12(20(16,18)19)7-6-11(13)8-14(17)10-4-2-1-3-5-10/h1-7,9H,8H2,(H2,16,18,19). The fraction of sp³-hybridized carbons (Fsp3) is 0.0714. The Morgan fingerprint density at radius 2 is 1.75 bits per heavy atom. The average molecular weight is 293 g/mol. The van der Waals surface area contributed by atoms with Crippen molar-refractivity contribution in [2.75, 3.05) is 0 Å². The Kier molecular flexibility index (Phi) is 3.96. The zero-order valence-electron chi connectivity index (χ0n) is 10.4. The number of carbonyl (C=O) groups is 1. The number of rotatable bonds is 4. The lowest BCUT2D eigenvalue weighted by Gasteiger charge is -2.05. The van der Waals surface area contributed by atoms with E-state index in [1.165, 1.54) is 12.1 Å². The molecule has 0 aliphatic heterocycles. The number of ketones is 1. The summed E-state index contributed by atoms with van der Waals surface area (Å²) < 4.78 is 36.0. The number of benzene rings is 2. The SMILES string of the molecule is NS(=O)(=O)c1ccc(CC(=O)c2ccccc2)c(F)c1. The predicted octanol–water partition coefficient (Wildman–Crippen LogP) is 1.90. The van der Waals surface area contributed by atoms with Gasteiger partial charge in [-0.05, 0) is 17.7 Å². The molecule has 0 bridgehead atoms. The second-order valence-corrected chi connectivity index (χ2v) is 5.83. The summed E-state index contributed by atoms with van der Waals surface area (Å²) in [7, 11) is -3.95. The highest BCUT2D eigenvalue weighted by Gasteiger charge is 2.14. The zero-order chi connectivity index (χ0) is 14.8. The van der Waals surface area contributed by atoms with E-state index in [9.17, 15) is 17.6 Å². The van der Waals surface area contributed by atoms with Crippen LogP contribution in [0.25, 0.3) is 0 Å². The molecule has 2 N–H and O–H groups in total. The summed E-state index contributed by atoms with van der Waals surface area (Å²) >= 11 is 0.